The summed E-state index contributed by atoms with van der Waals surface area (Å²) in [6.07, 6.45) is 6.72. The SMILES string of the molecule is O=C(NC1CCCC1CBr)c1ccc2nccnc2c1. The first-order valence-electron chi connectivity index (χ1n) is 6.85. The summed E-state index contributed by atoms with van der Waals surface area (Å²) in [6.45, 7) is 0. The van der Waals surface area contributed by atoms with Crippen molar-refractivity contribution in [1.29, 1.82) is 0 Å². The van der Waals surface area contributed by atoms with Gasteiger partial charge in [-0.25, -0.2) is 0 Å². The molecule has 0 radical (unpaired) electrons. The fourth-order valence-electron chi connectivity index (χ4n) is 2.77. The van der Waals surface area contributed by atoms with Gasteiger partial charge in [0.25, 0.3) is 5.91 Å². The Labute approximate surface area is 126 Å². The molecule has 1 aromatic heterocycles. The second-order valence-corrected chi connectivity index (χ2v) is 5.83. The number of halogens is 1. The van der Waals surface area contributed by atoms with Gasteiger partial charge in [0.2, 0.25) is 0 Å². The Hall–Kier alpha value is -1.49. The molecule has 0 bridgehead atoms. The highest BCUT2D eigenvalue weighted by Crippen LogP contribution is 2.27. The van der Waals surface area contributed by atoms with Crippen LogP contribution in [0.3, 0.4) is 0 Å². The molecule has 2 aromatic rings. The van der Waals surface area contributed by atoms with Crippen LogP contribution in [0.5, 0.6) is 0 Å². The molecule has 1 fully saturated rings. The van der Waals surface area contributed by atoms with Gasteiger partial charge in [0.15, 0.2) is 0 Å². The number of benzene rings is 1. The number of amides is 1. The third-order valence-electron chi connectivity index (χ3n) is 3.91. The summed E-state index contributed by atoms with van der Waals surface area (Å²) in [5, 5.41) is 4.09. The molecule has 104 valence electrons. The average Bonchev–Trinajstić information content (AvgIpc) is 2.94. The van der Waals surface area contributed by atoms with Crippen molar-refractivity contribution in [1.82, 2.24) is 15.3 Å². The lowest BCUT2D eigenvalue weighted by Crippen LogP contribution is -2.37. The lowest BCUT2D eigenvalue weighted by molar-refractivity contribution is 0.0930. The molecular weight excluding hydrogens is 318 g/mol. The minimum Gasteiger partial charge on any atom is -0.349 e. The summed E-state index contributed by atoms with van der Waals surface area (Å²) in [6, 6.07) is 5.73. The van der Waals surface area contributed by atoms with Crippen molar-refractivity contribution in [2.24, 2.45) is 5.92 Å². The van der Waals surface area contributed by atoms with E-state index >= 15 is 0 Å². The van der Waals surface area contributed by atoms with Gasteiger partial charge >= 0.3 is 0 Å². The Bertz CT molecular complexity index is 631. The van der Waals surface area contributed by atoms with Gasteiger partial charge in [-0.15, -0.1) is 0 Å². The summed E-state index contributed by atoms with van der Waals surface area (Å²) in [5.41, 5.74) is 2.21. The molecule has 0 saturated heterocycles. The van der Waals surface area contributed by atoms with Crippen LogP contribution in [0, 0.1) is 5.92 Å². The van der Waals surface area contributed by atoms with Crippen molar-refractivity contribution in [3.8, 4) is 0 Å². The second kappa shape index (κ2) is 5.87. The Kier molecular flexibility index (Phi) is 3.96. The maximum Gasteiger partial charge on any atom is 0.251 e. The minimum absolute atomic E-state index is 0.0181. The Balaban J connectivity index is 1.78. The monoisotopic (exact) mass is 333 g/mol. The van der Waals surface area contributed by atoms with Crippen LogP contribution in [0.4, 0.5) is 0 Å². The molecule has 20 heavy (non-hydrogen) atoms. The van der Waals surface area contributed by atoms with Crippen LogP contribution in [-0.2, 0) is 0 Å². The molecule has 4 nitrogen and oxygen atoms in total. The molecule has 1 amide bonds. The summed E-state index contributed by atoms with van der Waals surface area (Å²) in [5.74, 6) is 0.523. The fourth-order valence-corrected chi connectivity index (χ4v) is 3.54. The van der Waals surface area contributed by atoms with Gasteiger partial charge in [-0.05, 0) is 37.0 Å². The number of rotatable bonds is 3. The predicted molar refractivity (Wildman–Crippen MR) is 81.9 cm³/mol. The van der Waals surface area contributed by atoms with Gasteiger partial charge in [0, 0.05) is 29.3 Å². The van der Waals surface area contributed by atoms with Crippen molar-refractivity contribution < 1.29 is 4.79 Å². The van der Waals surface area contributed by atoms with Crippen LogP contribution in [0.1, 0.15) is 29.6 Å². The van der Waals surface area contributed by atoms with E-state index in [4.69, 9.17) is 0 Å². The van der Waals surface area contributed by atoms with E-state index in [1.54, 1.807) is 18.5 Å². The third kappa shape index (κ3) is 2.68. The standard InChI is InChI=1S/C15H16BrN3O/c16-9-11-2-1-3-12(11)19-15(20)10-4-5-13-14(8-10)18-7-6-17-13/h4-8,11-12H,1-3,9H2,(H,19,20). The summed E-state index contributed by atoms with van der Waals surface area (Å²) >= 11 is 3.53. The smallest absolute Gasteiger partial charge is 0.251 e. The van der Waals surface area contributed by atoms with Crippen LogP contribution in [0.15, 0.2) is 30.6 Å². The Morgan fingerprint density at radius 1 is 1.25 bits per heavy atom. The zero-order valence-electron chi connectivity index (χ0n) is 11.1. The zero-order valence-corrected chi connectivity index (χ0v) is 12.6. The molecule has 1 saturated carbocycles. The highest BCUT2D eigenvalue weighted by molar-refractivity contribution is 9.09. The molecule has 3 rings (SSSR count). The zero-order chi connectivity index (χ0) is 13.9. The quantitative estimate of drug-likeness (QED) is 0.878. The molecule has 0 spiro atoms. The van der Waals surface area contributed by atoms with E-state index in [1.807, 2.05) is 12.1 Å². The number of alkyl halides is 1. The first kappa shape index (κ1) is 13.5. The molecule has 1 aliphatic rings. The highest BCUT2D eigenvalue weighted by atomic mass is 79.9. The van der Waals surface area contributed by atoms with E-state index < -0.39 is 0 Å². The van der Waals surface area contributed by atoms with Crippen molar-refractivity contribution in [2.75, 3.05) is 5.33 Å². The number of carbonyl (C=O) groups is 1. The highest BCUT2D eigenvalue weighted by Gasteiger charge is 2.27. The lowest BCUT2D eigenvalue weighted by atomic mass is 10.1. The van der Waals surface area contributed by atoms with E-state index in [0.717, 1.165) is 22.8 Å². The van der Waals surface area contributed by atoms with Crippen LogP contribution in [0.25, 0.3) is 11.0 Å². The lowest BCUT2D eigenvalue weighted by Gasteiger charge is -2.19. The maximum absolute atomic E-state index is 12.3. The minimum atomic E-state index is -0.0181. The number of carbonyl (C=O) groups excluding carboxylic acids is 1. The van der Waals surface area contributed by atoms with Crippen molar-refractivity contribution in [2.45, 2.75) is 25.3 Å². The molecule has 2 atom stereocenters. The van der Waals surface area contributed by atoms with Gasteiger partial charge in [-0.2, -0.15) is 0 Å². The van der Waals surface area contributed by atoms with Crippen LogP contribution in [-0.4, -0.2) is 27.2 Å². The Morgan fingerprint density at radius 2 is 2.05 bits per heavy atom. The van der Waals surface area contributed by atoms with Gasteiger partial charge in [-0.1, -0.05) is 22.4 Å². The first-order valence-corrected chi connectivity index (χ1v) is 7.97. The number of aromatic nitrogens is 2. The third-order valence-corrected chi connectivity index (χ3v) is 4.74. The van der Waals surface area contributed by atoms with Crippen molar-refractivity contribution in [3.05, 3.63) is 36.2 Å². The van der Waals surface area contributed by atoms with Crippen molar-refractivity contribution in [3.63, 3.8) is 0 Å². The number of hydrogen-bond donors (Lipinski definition) is 1. The topological polar surface area (TPSA) is 54.9 Å². The van der Waals surface area contributed by atoms with Crippen LogP contribution >= 0.6 is 15.9 Å². The molecule has 1 heterocycles. The molecule has 1 N–H and O–H groups in total. The maximum atomic E-state index is 12.3. The van der Waals surface area contributed by atoms with E-state index in [2.05, 4.69) is 31.2 Å². The normalized spacial score (nSPS) is 22.1. The molecule has 0 aliphatic heterocycles. The van der Waals surface area contributed by atoms with Gasteiger partial charge in [-0.3, -0.25) is 14.8 Å². The summed E-state index contributed by atoms with van der Waals surface area (Å²) in [7, 11) is 0. The van der Waals surface area contributed by atoms with Gasteiger partial charge < -0.3 is 5.32 Å². The molecule has 2 unspecified atom stereocenters. The molecular formula is C15H16BrN3O. The number of nitrogens with one attached hydrogen (secondary N) is 1. The first-order chi connectivity index (χ1) is 9.78. The van der Waals surface area contributed by atoms with Gasteiger partial charge in [0.05, 0.1) is 11.0 Å². The predicted octanol–water partition coefficient (Wildman–Crippen LogP) is 2.92. The van der Waals surface area contributed by atoms with E-state index in [-0.39, 0.29) is 11.9 Å². The Morgan fingerprint density at radius 3 is 2.85 bits per heavy atom. The molecule has 1 aliphatic carbocycles. The summed E-state index contributed by atoms with van der Waals surface area (Å²) < 4.78 is 0. The van der Waals surface area contributed by atoms with Crippen LogP contribution < -0.4 is 5.32 Å². The number of nitrogens with zero attached hydrogens (tertiary/aromatic N) is 2. The largest absolute Gasteiger partial charge is 0.349 e. The van der Waals surface area contributed by atoms with Gasteiger partial charge in [0.1, 0.15) is 0 Å². The van der Waals surface area contributed by atoms with E-state index in [0.29, 0.717) is 11.5 Å². The average molecular weight is 334 g/mol. The number of fused-ring (bicyclic) bond motifs is 1. The fraction of sp³-hybridized carbons (Fsp3) is 0.400. The number of hydrogen-bond acceptors (Lipinski definition) is 3. The van der Waals surface area contributed by atoms with E-state index in [1.165, 1.54) is 12.8 Å². The van der Waals surface area contributed by atoms with Crippen molar-refractivity contribution >= 4 is 32.9 Å². The summed E-state index contributed by atoms with van der Waals surface area (Å²) in [4.78, 5) is 20.8. The second-order valence-electron chi connectivity index (χ2n) is 5.19. The van der Waals surface area contributed by atoms with Crippen LogP contribution in [0.2, 0.25) is 0 Å². The molecule has 1 aromatic carbocycles. The molecule has 5 heteroatoms. The van der Waals surface area contributed by atoms with E-state index in [9.17, 15) is 4.79 Å².